The summed E-state index contributed by atoms with van der Waals surface area (Å²) in [6.45, 7) is 19.9. The number of carbonyl (C=O) groups is 1. The van der Waals surface area contributed by atoms with Crippen LogP contribution in [0.15, 0.2) is 48.5 Å². The zero-order valence-corrected chi connectivity index (χ0v) is 30.4. The number of benzene rings is 2. The van der Waals surface area contributed by atoms with Gasteiger partial charge in [0.15, 0.2) is 0 Å². The number of ether oxygens (including phenoxy) is 1. The quantitative estimate of drug-likeness (QED) is 0.210. The minimum Gasteiger partial charge on any atom is -0.508 e. The lowest BCUT2D eigenvalue weighted by Gasteiger charge is -2.43. The molecule has 5 heteroatoms. The lowest BCUT2D eigenvalue weighted by Crippen LogP contribution is -2.43. The Bertz CT molecular complexity index is 1120. The van der Waals surface area contributed by atoms with Crippen molar-refractivity contribution in [1.82, 2.24) is 9.80 Å². The maximum absolute atomic E-state index is 12.9. The second kappa shape index (κ2) is 19.5. The number of aromatic hydroxyl groups is 1. The van der Waals surface area contributed by atoms with Crippen molar-refractivity contribution in [2.75, 3.05) is 32.8 Å². The summed E-state index contributed by atoms with van der Waals surface area (Å²) in [5.41, 5.74) is 3.36. The molecule has 2 aromatic carbocycles. The molecule has 0 saturated heterocycles. The van der Waals surface area contributed by atoms with E-state index in [0.717, 1.165) is 51.0 Å². The molecule has 0 amide bonds. The van der Waals surface area contributed by atoms with Crippen molar-refractivity contribution in [3.63, 3.8) is 0 Å². The van der Waals surface area contributed by atoms with E-state index >= 15 is 0 Å². The molecule has 0 heterocycles. The molecule has 2 saturated carbocycles. The van der Waals surface area contributed by atoms with E-state index in [1.165, 1.54) is 62.5 Å². The molecular weight excluding hydrogens is 568 g/mol. The van der Waals surface area contributed by atoms with Crippen LogP contribution in [0.25, 0.3) is 0 Å². The highest BCUT2D eigenvalue weighted by Crippen LogP contribution is 2.49. The van der Waals surface area contributed by atoms with Gasteiger partial charge in [0.25, 0.3) is 0 Å². The van der Waals surface area contributed by atoms with Gasteiger partial charge in [-0.15, -0.1) is 0 Å². The lowest BCUT2D eigenvalue weighted by atomic mass is 9.62. The minimum absolute atomic E-state index is 0.131. The maximum atomic E-state index is 12.9. The van der Waals surface area contributed by atoms with Gasteiger partial charge in [0, 0.05) is 30.1 Å². The van der Waals surface area contributed by atoms with Gasteiger partial charge in [0.1, 0.15) is 12.4 Å². The van der Waals surface area contributed by atoms with E-state index in [4.69, 9.17) is 4.74 Å². The Morgan fingerprint density at radius 3 is 2.07 bits per heavy atom. The minimum atomic E-state index is -0.137. The van der Waals surface area contributed by atoms with Crippen LogP contribution in [0.3, 0.4) is 0 Å². The molecule has 2 aliphatic rings. The number of hydrogen-bond donors (Lipinski definition) is 1. The molecule has 0 unspecified atom stereocenters. The van der Waals surface area contributed by atoms with Crippen LogP contribution in [0, 0.1) is 18.3 Å². The number of phenols is 1. The fourth-order valence-corrected chi connectivity index (χ4v) is 8.10. The number of aryl methyl sites for hydroxylation is 1. The van der Waals surface area contributed by atoms with Crippen LogP contribution < -0.4 is 0 Å². The summed E-state index contributed by atoms with van der Waals surface area (Å²) in [6, 6.07) is 17.5. The molecule has 1 N–H and O–H groups in total. The summed E-state index contributed by atoms with van der Waals surface area (Å²) < 4.78 is 5.79. The van der Waals surface area contributed by atoms with Gasteiger partial charge in [-0.25, -0.2) is 0 Å². The summed E-state index contributed by atoms with van der Waals surface area (Å²) in [5.74, 6) is 1.33. The van der Waals surface area contributed by atoms with Crippen molar-refractivity contribution >= 4 is 5.97 Å². The first-order valence-electron chi connectivity index (χ1n) is 18.6. The smallest absolute Gasteiger partial charge is 0.312 e. The van der Waals surface area contributed by atoms with Gasteiger partial charge < -0.3 is 14.7 Å². The van der Waals surface area contributed by atoms with Gasteiger partial charge in [0.05, 0.1) is 5.41 Å². The number of likely N-dealkylation sites (N-methyl/N-ethyl adjacent to an activating group) is 1. The predicted octanol–water partition coefficient (Wildman–Crippen LogP) is 9.74. The molecule has 2 fully saturated rings. The van der Waals surface area contributed by atoms with E-state index in [2.05, 4.69) is 88.6 Å². The van der Waals surface area contributed by atoms with Crippen molar-refractivity contribution < 1.29 is 14.6 Å². The first kappa shape index (κ1) is 38.1. The second-order valence-electron chi connectivity index (χ2n) is 14.5. The first-order valence-corrected chi connectivity index (χ1v) is 18.6. The van der Waals surface area contributed by atoms with Crippen molar-refractivity contribution in [2.45, 2.75) is 137 Å². The highest BCUT2D eigenvalue weighted by Gasteiger charge is 2.47. The molecule has 5 nitrogen and oxygen atoms in total. The normalized spacial score (nSPS) is 17.6. The molecular formula is C41H66N2O3. The van der Waals surface area contributed by atoms with E-state index in [1.54, 1.807) is 0 Å². The van der Waals surface area contributed by atoms with Crippen LogP contribution in [0.1, 0.15) is 135 Å². The molecule has 258 valence electrons. The Balaban J connectivity index is 0.000000251. The Kier molecular flexibility index (Phi) is 16.1. The van der Waals surface area contributed by atoms with E-state index in [1.807, 2.05) is 18.2 Å². The SMILES string of the molecule is CCN(CC)CCOC(=O)C1(C2CCCCC2)CCCCC1.Cc1ccc(O)c([C@H](CCN(C(C)C)C(C)C)c2ccccc2)c1. The van der Waals surface area contributed by atoms with Crippen LogP contribution in [-0.2, 0) is 9.53 Å². The van der Waals surface area contributed by atoms with Crippen LogP contribution in [0.5, 0.6) is 5.75 Å². The van der Waals surface area contributed by atoms with Crippen molar-refractivity contribution in [3.05, 3.63) is 65.2 Å². The topological polar surface area (TPSA) is 53.0 Å². The van der Waals surface area contributed by atoms with Gasteiger partial charge in [-0.05, 0) is 104 Å². The fourth-order valence-electron chi connectivity index (χ4n) is 8.10. The van der Waals surface area contributed by atoms with Crippen LogP contribution in [-0.4, -0.2) is 65.7 Å². The summed E-state index contributed by atoms with van der Waals surface area (Å²) in [5, 5.41) is 10.4. The predicted molar refractivity (Wildman–Crippen MR) is 194 cm³/mol. The molecule has 0 aliphatic heterocycles. The van der Waals surface area contributed by atoms with E-state index < -0.39 is 0 Å². The molecule has 0 spiro atoms. The standard InChI is InChI=1S/C22H31NO.C19H35NO2/c1-16(2)23(17(3)4)14-13-20(19-9-7-6-8-10-19)21-15-18(5)11-12-22(21)24;1-3-20(4-2)15-16-22-18(21)19(13-9-6-10-14-19)17-11-7-5-8-12-17/h6-12,15-17,20,24H,13-14H2,1-5H3;17H,3-16H2,1-2H3/t20-;/m1./s1. The van der Waals surface area contributed by atoms with E-state index in [9.17, 15) is 9.90 Å². The third-order valence-corrected chi connectivity index (χ3v) is 10.8. The average Bonchev–Trinajstić information content (AvgIpc) is 3.07. The molecule has 0 aromatic heterocycles. The third-order valence-electron chi connectivity index (χ3n) is 10.8. The molecule has 0 bridgehead atoms. The van der Waals surface area contributed by atoms with Gasteiger partial charge in [0.2, 0.25) is 0 Å². The van der Waals surface area contributed by atoms with Crippen LogP contribution >= 0.6 is 0 Å². The Labute approximate surface area is 282 Å². The number of carbonyl (C=O) groups excluding carboxylic acids is 1. The van der Waals surface area contributed by atoms with Crippen LogP contribution in [0.4, 0.5) is 0 Å². The number of rotatable bonds is 14. The molecule has 2 aromatic rings. The van der Waals surface area contributed by atoms with Crippen molar-refractivity contribution in [1.29, 1.82) is 0 Å². The highest BCUT2D eigenvalue weighted by molar-refractivity contribution is 5.77. The Morgan fingerprint density at radius 1 is 0.870 bits per heavy atom. The van der Waals surface area contributed by atoms with Gasteiger partial charge >= 0.3 is 5.97 Å². The fraction of sp³-hybridized carbons (Fsp3) is 0.683. The second-order valence-corrected chi connectivity index (χ2v) is 14.5. The summed E-state index contributed by atoms with van der Waals surface area (Å²) in [7, 11) is 0. The molecule has 4 rings (SSSR count). The third kappa shape index (κ3) is 10.8. The van der Waals surface area contributed by atoms with Crippen molar-refractivity contribution in [3.8, 4) is 5.75 Å². The number of esters is 1. The van der Waals surface area contributed by atoms with E-state index in [0.29, 0.717) is 30.4 Å². The zero-order valence-electron chi connectivity index (χ0n) is 30.4. The van der Waals surface area contributed by atoms with Gasteiger partial charge in [-0.2, -0.15) is 0 Å². The largest absolute Gasteiger partial charge is 0.508 e. The monoisotopic (exact) mass is 635 g/mol. The Hall–Kier alpha value is -2.37. The molecule has 1 atom stereocenters. The Morgan fingerprint density at radius 2 is 1.48 bits per heavy atom. The number of nitrogens with zero attached hydrogens (tertiary/aromatic N) is 2. The first-order chi connectivity index (χ1) is 22.1. The number of hydrogen-bond acceptors (Lipinski definition) is 5. The van der Waals surface area contributed by atoms with Crippen LogP contribution in [0.2, 0.25) is 0 Å². The number of phenolic OH excluding ortho intramolecular Hbond substituents is 1. The van der Waals surface area contributed by atoms with E-state index in [-0.39, 0.29) is 17.3 Å². The summed E-state index contributed by atoms with van der Waals surface area (Å²) >= 11 is 0. The zero-order chi connectivity index (χ0) is 33.5. The highest BCUT2D eigenvalue weighted by atomic mass is 16.5. The molecule has 0 radical (unpaired) electrons. The van der Waals surface area contributed by atoms with Crippen molar-refractivity contribution in [2.24, 2.45) is 11.3 Å². The summed E-state index contributed by atoms with van der Waals surface area (Å²) in [4.78, 5) is 17.8. The molecule has 2 aliphatic carbocycles. The summed E-state index contributed by atoms with van der Waals surface area (Å²) in [6.07, 6.45) is 13.3. The lowest BCUT2D eigenvalue weighted by molar-refractivity contribution is -0.164. The molecule has 46 heavy (non-hydrogen) atoms. The average molecular weight is 635 g/mol. The van der Waals surface area contributed by atoms with Gasteiger partial charge in [-0.1, -0.05) is 100 Å². The van der Waals surface area contributed by atoms with Gasteiger partial charge in [-0.3, -0.25) is 9.69 Å². The maximum Gasteiger partial charge on any atom is 0.312 e.